The number of ether oxygens (including phenoxy) is 1. The molecule has 0 radical (unpaired) electrons. The Labute approximate surface area is 112 Å². The van der Waals surface area contributed by atoms with Gasteiger partial charge in [-0.2, -0.15) is 0 Å². The van der Waals surface area contributed by atoms with E-state index in [0.717, 1.165) is 24.3 Å². The van der Waals surface area contributed by atoms with Gasteiger partial charge >= 0.3 is 0 Å². The summed E-state index contributed by atoms with van der Waals surface area (Å²) in [5.41, 5.74) is 1.60. The van der Waals surface area contributed by atoms with Gasteiger partial charge in [-0.3, -0.25) is 9.69 Å². The number of hydrogen-bond acceptors (Lipinski definition) is 5. The van der Waals surface area contributed by atoms with Gasteiger partial charge in [0.2, 0.25) is 0 Å². The molecule has 0 aliphatic carbocycles. The molecule has 6 heteroatoms. The average Bonchev–Trinajstić information content (AvgIpc) is 2.87. The second-order valence-corrected chi connectivity index (χ2v) is 5.43. The van der Waals surface area contributed by atoms with Gasteiger partial charge in [0.05, 0.1) is 17.9 Å². The zero-order chi connectivity index (χ0) is 13.4. The third-order valence-electron chi connectivity index (χ3n) is 3.85. The quantitative estimate of drug-likeness (QED) is 0.796. The summed E-state index contributed by atoms with van der Waals surface area (Å²) in [5.74, 6) is 0.665. The van der Waals surface area contributed by atoms with Crippen LogP contribution < -0.4 is 10.9 Å². The van der Waals surface area contributed by atoms with Crippen molar-refractivity contribution in [1.29, 1.82) is 0 Å². The molecule has 1 aromatic heterocycles. The highest BCUT2D eigenvalue weighted by Gasteiger charge is 2.27. The van der Waals surface area contributed by atoms with Crippen molar-refractivity contribution in [3.63, 3.8) is 0 Å². The lowest BCUT2D eigenvalue weighted by molar-refractivity contribution is -0.0444. The SMILES string of the molecule is CC(C)N1CCOC(c2nc3c(c(=O)[nH]2)CNC3)C1. The Hall–Kier alpha value is -1.24. The first-order valence-corrected chi connectivity index (χ1v) is 6.83. The molecule has 1 unspecified atom stereocenters. The van der Waals surface area contributed by atoms with Gasteiger partial charge in [0.1, 0.15) is 11.9 Å². The maximum atomic E-state index is 12.0. The highest BCUT2D eigenvalue weighted by molar-refractivity contribution is 5.22. The van der Waals surface area contributed by atoms with Crippen LogP contribution in [-0.4, -0.2) is 40.6 Å². The highest BCUT2D eigenvalue weighted by atomic mass is 16.5. The Bertz CT molecular complexity index is 526. The lowest BCUT2D eigenvalue weighted by Crippen LogP contribution is -2.43. The van der Waals surface area contributed by atoms with Crippen LogP contribution >= 0.6 is 0 Å². The van der Waals surface area contributed by atoms with Gasteiger partial charge in [-0.25, -0.2) is 4.98 Å². The summed E-state index contributed by atoms with van der Waals surface area (Å²) in [4.78, 5) is 21.8. The Balaban J connectivity index is 1.86. The number of nitrogens with zero attached hydrogens (tertiary/aromatic N) is 2. The molecule has 1 fully saturated rings. The number of H-pyrrole nitrogens is 1. The zero-order valence-corrected chi connectivity index (χ0v) is 11.4. The molecule has 3 heterocycles. The van der Waals surface area contributed by atoms with Crippen molar-refractivity contribution in [3.05, 3.63) is 27.4 Å². The molecule has 0 amide bonds. The van der Waals surface area contributed by atoms with E-state index in [1.807, 2.05) is 0 Å². The van der Waals surface area contributed by atoms with E-state index in [1.165, 1.54) is 0 Å². The summed E-state index contributed by atoms with van der Waals surface area (Å²) in [7, 11) is 0. The van der Waals surface area contributed by atoms with Crippen molar-refractivity contribution in [2.24, 2.45) is 0 Å². The number of aromatic nitrogens is 2. The lowest BCUT2D eigenvalue weighted by atomic mass is 10.2. The molecule has 0 saturated carbocycles. The van der Waals surface area contributed by atoms with Gasteiger partial charge in [0.25, 0.3) is 5.56 Å². The van der Waals surface area contributed by atoms with E-state index in [9.17, 15) is 4.79 Å². The highest BCUT2D eigenvalue weighted by Crippen LogP contribution is 2.21. The fourth-order valence-corrected chi connectivity index (χ4v) is 2.65. The molecule has 1 aromatic rings. The molecule has 2 aliphatic heterocycles. The van der Waals surface area contributed by atoms with E-state index in [1.54, 1.807) is 0 Å². The second-order valence-electron chi connectivity index (χ2n) is 5.43. The predicted molar refractivity (Wildman–Crippen MR) is 70.8 cm³/mol. The third-order valence-corrected chi connectivity index (χ3v) is 3.85. The van der Waals surface area contributed by atoms with Gasteiger partial charge in [-0.05, 0) is 13.8 Å². The first-order valence-electron chi connectivity index (χ1n) is 6.83. The first kappa shape index (κ1) is 12.8. The third kappa shape index (κ3) is 2.43. The number of morpholine rings is 1. The topological polar surface area (TPSA) is 70.2 Å². The Morgan fingerprint density at radius 1 is 1.42 bits per heavy atom. The van der Waals surface area contributed by atoms with Crippen LogP contribution in [0, 0.1) is 0 Å². The second kappa shape index (κ2) is 5.03. The molecule has 2 N–H and O–H groups in total. The predicted octanol–water partition coefficient (Wildman–Crippen LogP) is 0.155. The summed E-state index contributed by atoms with van der Waals surface area (Å²) >= 11 is 0. The van der Waals surface area contributed by atoms with Crippen molar-refractivity contribution >= 4 is 0 Å². The van der Waals surface area contributed by atoms with Crippen LogP contribution in [0.15, 0.2) is 4.79 Å². The maximum absolute atomic E-state index is 12.0. The van der Waals surface area contributed by atoms with Crippen molar-refractivity contribution in [2.75, 3.05) is 19.7 Å². The van der Waals surface area contributed by atoms with Gasteiger partial charge in [-0.15, -0.1) is 0 Å². The van der Waals surface area contributed by atoms with E-state index in [4.69, 9.17) is 4.74 Å². The minimum absolute atomic E-state index is 0.0322. The smallest absolute Gasteiger partial charge is 0.255 e. The average molecular weight is 264 g/mol. The van der Waals surface area contributed by atoms with E-state index in [-0.39, 0.29) is 11.7 Å². The Morgan fingerprint density at radius 3 is 3.05 bits per heavy atom. The number of aromatic amines is 1. The fraction of sp³-hybridized carbons (Fsp3) is 0.692. The van der Waals surface area contributed by atoms with Crippen LogP contribution in [0.25, 0.3) is 0 Å². The van der Waals surface area contributed by atoms with Crippen LogP contribution in [0.3, 0.4) is 0 Å². The number of nitrogens with one attached hydrogen (secondary N) is 2. The minimum Gasteiger partial charge on any atom is -0.368 e. The maximum Gasteiger partial charge on any atom is 0.255 e. The fourth-order valence-electron chi connectivity index (χ4n) is 2.65. The molecule has 1 atom stereocenters. The minimum atomic E-state index is -0.130. The molecular weight excluding hydrogens is 244 g/mol. The molecule has 1 saturated heterocycles. The molecule has 0 bridgehead atoms. The summed E-state index contributed by atoms with van der Waals surface area (Å²) in [6.07, 6.45) is -0.130. The lowest BCUT2D eigenvalue weighted by Gasteiger charge is -2.34. The van der Waals surface area contributed by atoms with E-state index >= 15 is 0 Å². The van der Waals surface area contributed by atoms with Crippen LogP contribution in [-0.2, 0) is 17.8 Å². The summed E-state index contributed by atoms with van der Waals surface area (Å²) < 4.78 is 5.76. The normalized spacial score (nSPS) is 23.8. The standard InChI is InChI=1S/C13H20N4O2/c1-8(2)17-3-4-19-11(7-17)12-15-10-6-14-5-9(10)13(18)16-12/h8,11,14H,3-7H2,1-2H3,(H,15,16,18). The van der Waals surface area contributed by atoms with Crippen LogP contribution in [0.1, 0.15) is 37.0 Å². The molecule has 2 aliphatic rings. The molecule has 19 heavy (non-hydrogen) atoms. The number of rotatable bonds is 2. The summed E-state index contributed by atoms with van der Waals surface area (Å²) in [6.45, 7) is 8.03. The van der Waals surface area contributed by atoms with Gasteiger partial charge in [0, 0.05) is 32.2 Å². The molecule has 6 nitrogen and oxygen atoms in total. The van der Waals surface area contributed by atoms with Crippen LogP contribution in [0.5, 0.6) is 0 Å². The Kier molecular flexibility index (Phi) is 3.38. The van der Waals surface area contributed by atoms with E-state index in [2.05, 4.69) is 34.0 Å². The van der Waals surface area contributed by atoms with Crippen LogP contribution in [0.2, 0.25) is 0 Å². The first-order chi connectivity index (χ1) is 9.15. The van der Waals surface area contributed by atoms with Gasteiger partial charge < -0.3 is 15.0 Å². The van der Waals surface area contributed by atoms with Gasteiger partial charge in [0.15, 0.2) is 0 Å². The molecule has 0 aromatic carbocycles. The van der Waals surface area contributed by atoms with Crippen molar-refractivity contribution in [2.45, 2.75) is 39.1 Å². The summed E-state index contributed by atoms with van der Waals surface area (Å²) in [5, 5.41) is 3.15. The van der Waals surface area contributed by atoms with E-state index in [0.29, 0.717) is 31.6 Å². The number of fused-ring (bicyclic) bond motifs is 1. The molecule has 104 valence electrons. The summed E-state index contributed by atoms with van der Waals surface area (Å²) in [6, 6.07) is 0.481. The van der Waals surface area contributed by atoms with Crippen molar-refractivity contribution in [3.8, 4) is 0 Å². The molecule has 3 rings (SSSR count). The molecule has 0 spiro atoms. The van der Waals surface area contributed by atoms with Crippen molar-refractivity contribution in [1.82, 2.24) is 20.2 Å². The largest absolute Gasteiger partial charge is 0.368 e. The van der Waals surface area contributed by atoms with Gasteiger partial charge in [-0.1, -0.05) is 0 Å². The number of hydrogen-bond donors (Lipinski definition) is 2. The van der Waals surface area contributed by atoms with Crippen LogP contribution in [0.4, 0.5) is 0 Å². The Morgan fingerprint density at radius 2 is 2.26 bits per heavy atom. The van der Waals surface area contributed by atoms with E-state index < -0.39 is 0 Å². The monoisotopic (exact) mass is 264 g/mol. The molecular formula is C13H20N4O2. The van der Waals surface area contributed by atoms with Crippen molar-refractivity contribution < 1.29 is 4.74 Å². The zero-order valence-electron chi connectivity index (χ0n) is 11.4.